The van der Waals surface area contributed by atoms with Crippen LogP contribution in [0.25, 0.3) is 10.9 Å². The van der Waals surface area contributed by atoms with Crippen LogP contribution in [0, 0.1) is 0 Å². The van der Waals surface area contributed by atoms with Gasteiger partial charge in [0.2, 0.25) is 0 Å². The smallest absolute Gasteiger partial charge is 0.291 e. The van der Waals surface area contributed by atoms with Gasteiger partial charge in [-0.3, -0.25) is 4.79 Å². The predicted molar refractivity (Wildman–Crippen MR) is 100.0 cm³/mol. The fraction of sp³-hybridized carbons (Fsp3) is 0.278. The van der Waals surface area contributed by atoms with E-state index in [-0.39, 0.29) is 11.7 Å². The van der Waals surface area contributed by atoms with Gasteiger partial charge in [-0.05, 0) is 65.5 Å². The zero-order valence-corrected chi connectivity index (χ0v) is 15.1. The molecule has 1 aliphatic rings. The number of anilines is 2. The third-order valence-electron chi connectivity index (χ3n) is 4.32. The van der Waals surface area contributed by atoms with E-state index in [9.17, 15) is 4.79 Å². The standard InChI is InChI=1S/C18H17BrN4O2/c19-16-7-6-15(25-16)18(24)22-12-4-5-14-13(10-12)17(21-11-20-14)23-8-2-1-3-9-23/h4-7,10-11H,1-3,8-9H2,(H,22,24). The quantitative estimate of drug-likeness (QED) is 0.711. The number of hydrogen-bond acceptors (Lipinski definition) is 5. The van der Waals surface area contributed by atoms with Crippen molar-refractivity contribution < 1.29 is 9.21 Å². The van der Waals surface area contributed by atoms with Crippen molar-refractivity contribution in [2.45, 2.75) is 19.3 Å². The van der Waals surface area contributed by atoms with Gasteiger partial charge in [0.1, 0.15) is 12.1 Å². The Hall–Kier alpha value is -2.41. The number of carbonyl (C=O) groups excluding carboxylic acids is 1. The first-order chi connectivity index (χ1) is 12.2. The van der Waals surface area contributed by atoms with Crippen molar-refractivity contribution in [2.24, 2.45) is 0 Å². The second kappa shape index (κ2) is 6.84. The van der Waals surface area contributed by atoms with Crippen molar-refractivity contribution in [3.8, 4) is 0 Å². The summed E-state index contributed by atoms with van der Waals surface area (Å²) in [6.07, 6.45) is 5.22. The summed E-state index contributed by atoms with van der Waals surface area (Å²) in [4.78, 5) is 23.4. The molecule has 1 aliphatic heterocycles. The molecular weight excluding hydrogens is 384 g/mol. The van der Waals surface area contributed by atoms with Crippen molar-refractivity contribution >= 4 is 44.2 Å². The van der Waals surface area contributed by atoms with Gasteiger partial charge in [-0.25, -0.2) is 9.97 Å². The number of amides is 1. The first kappa shape index (κ1) is 16.1. The number of aromatic nitrogens is 2. The maximum Gasteiger partial charge on any atom is 0.291 e. The number of rotatable bonds is 3. The molecule has 6 nitrogen and oxygen atoms in total. The van der Waals surface area contributed by atoms with Crippen molar-refractivity contribution in [1.29, 1.82) is 0 Å². The van der Waals surface area contributed by atoms with Gasteiger partial charge >= 0.3 is 0 Å². The molecule has 0 unspecified atom stereocenters. The largest absolute Gasteiger partial charge is 0.444 e. The third-order valence-corrected chi connectivity index (χ3v) is 4.75. The molecule has 4 rings (SSSR count). The van der Waals surface area contributed by atoms with E-state index in [1.807, 2.05) is 18.2 Å². The van der Waals surface area contributed by atoms with E-state index in [2.05, 4.69) is 36.1 Å². The average molecular weight is 401 g/mol. The number of carbonyl (C=O) groups is 1. The predicted octanol–water partition coefficient (Wildman–Crippen LogP) is 4.23. The monoisotopic (exact) mass is 400 g/mol. The minimum Gasteiger partial charge on any atom is -0.444 e. The van der Waals surface area contributed by atoms with Crippen LogP contribution in [0.1, 0.15) is 29.8 Å². The van der Waals surface area contributed by atoms with Crippen LogP contribution in [0.15, 0.2) is 45.7 Å². The summed E-state index contributed by atoms with van der Waals surface area (Å²) in [7, 11) is 0. The van der Waals surface area contributed by atoms with E-state index in [0.29, 0.717) is 10.4 Å². The molecule has 0 spiro atoms. The van der Waals surface area contributed by atoms with Crippen LogP contribution in [-0.2, 0) is 0 Å². The lowest BCUT2D eigenvalue weighted by Gasteiger charge is -2.28. The normalized spacial score (nSPS) is 14.7. The molecule has 0 aliphatic carbocycles. The van der Waals surface area contributed by atoms with Crippen LogP contribution in [0.2, 0.25) is 0 Å². The van der Waals surface area contributed by atoms with Crippen LogP contribution in [0.5, 0.6) is 0 Å². The molecule has 1 saturated heterocycles. The lowest BCUT2D eigenvalue weighted by molar-refractivity contribution is 0.0995. The highest BCUT2D eigenvalue weighted by molar-refractivity contribution is 9.10. The molecular formula is C18H17BrN4O2. The lowest BCUT2D eigenvalue weighted by atomic mass is 10.1. The van der Waals surface area contributed by atoms with Crippen LogP contribution in [-0.4, -0.2) is 29.0 Å². The third kappa shape index (κ3) is 3.37. The average Bonchev–Trinajstić information content (AvgIpc) is 3.08. The maximum atomic E-state index is 12.3. The fourth-order valence-electron chi connectivity index (χ4n) is 3.11. The highest BCUT2D eigenvalue weighted by Crippen LogP contribution is 2.28. The molecule has 3 heterocycles. The fourth-order valence-corrected chi connectivity index (χ4v) is 3.41. The number of furan rings is 1. The number of piperidine rings is 1. The second-order valence-corrected chi connectivity index (χ2v) is 6.82. The number of nitrogens with one attached hydrogen (secondary N) is 1. The van der Waals surface area contributed by atoms with Crippen molar-refractivity contribution in [3.05, 3.63) is 47.1 Å². The van der Waals surface area contributed by atoms with E-state index < -0.39 is 0 Å². The number of benzene rings is 1. The van der Waals surface area contributed by atoms with Gasteiger partial charge in [0.25, 0.3) is 5.91 Å². The Balaban J connectivity index is 1.65. The van der Waals surface area contributed by atoms with E-state index in [0.717, 1.165) is 29.8 Å². The highest BCUT2D eigenvalue weighted by Gasteiger charge is 2.16. The van der Waals surface area contributed by atoms with Crippen molar-refractivity contribution in [3.63, 3.8) is 0 Å². The molecule has 128 valence electrons. The van der Waals surface area contributed by atoms with Crippen LogP contribution >= 0.6 is 15.9 Å². The number of fused-ring (bicyclic) bond motifs is 1. The van der Waals surface area contributed by atoms with E-state index >= 15 is 0 Å². The Morgan fingerprint density at radius 1 is 1.12 bits per heavy atom. The molecule has 25 heavy (non-hydrogen) atoms. The molecule has 0 atom stereocenters. The van der Waals surface area contributed by atoms with Gasteiger partial charge < -0.3 is 14.6 Å². The van der Waals surface area contributed by atoms with Gasteiger partial charge in [0.15, 0.2) is 10.4 Å². The Morgan fingerprint density at radius 3 is 2.72 bits per heavy atom. The van der Waals surface area contributed by atoms with Gasteiger partial charge in [0, 0.05) is 24.2 Å². The van der Waals surface area contributed by atoms with Crippen molar-refractivity contribution in [1.82, 2.24) is 9.97 Å². The Bertz CT molecular complexity index is 918. The Kier molecular flexibility index (Phi) is 4.40. The molecule has 0 radical (unpaired) electrons. The molecule has 2 aromatic heterocycles. The van der Waals surface area contributed by atoms with Gasteiger partial charge in [-0.15, -0.1) is 0 Å². The highest BCUT2D eigenvalue weighted by atomic mass is 79.9. The molecule has 1 amide bonds. The molecule has 1 N–H and O–H groups in total. The molecule has 0 bridgehead atoms. The minimum atomic E-state index is -0.290. The second-order valence-electron chi connectivity index (χ2n) is 6.03. The number of hydrogen-bond donors (Lipinski definition) is 1. The topological polar surface area (TPSA) is 71.3 Å². The Labute approximate surface area is 153 Å². The first-order valence-electron chi connectivity index (χ1n) is 8.27. The summed E-state index contributed by atoms with van der Waals surface area (Å²) in [5, 5.41) is 3.81. The van der Waals surface area contributed by atoms with E-state index in [4.69, 9.17) is 4.42 Å². The van der Waals surface area contributed by atoms with Crippen LogP contribution in [0.3, 0.4) is 0 Å². The van der Waals surface area contributed by atoms with Gasteiger partial charge in [0.05, 0.1) is 5.52 Å². The van der Waals surface area contributed by atoms with Crippen LogP contribution < -0.4 is 10.2 Å². The summed E-state index contributed by atoms with van der Waals surface area (Å²) in [6.45, 7) is 2.01. The SMILES string of the molecule is O=C(Nc1ccc2ncnc(N3CCCCC3)c2c1)c1ccc(Br)o1. The Morgan fingerprint density at radius 2 is 1.96 bits per heavy atom. The minimum absolute atomic E-state index is 0.257. The van der Waals surface area contributed by atoms with E-state index in [1.165, 1.54) is 19.3 Å². The molecule has 7 heteroatoms. The molecule has 1 aromatic carbocycles. The van der Waals surface area contributed by atoms with Crippen LogP contribution in [0.4, 0.5) is 11.5 Å². The van der Waals surface area contributed by atoms with Gasteiger partial charge in [-0.1, -0.05) is 0 Å². The number of nitrogens with zero attached hydrogens (tertiary/aromatic N) is 3. The maximum absolute atomic E-state index is 12.3. The molecule has 0 saturated carbocycles. The number of halogens is 1. The zero-order valence-electron chi connectivity index (χ0n) is 13.5. The van der Waals surface area contributed by atoms with Gasteiger partial charge in [-0.2, -0.15) is 0 Å². The summed E-state index contributed by atoms with van der Waals surface area (Å²) in [5.74, 6) is 0.899. The van der Waals surface area contributed by atoms with E-state index in [1.54, 1.807) is 18.5 Å². The lowest BCUT2D eigenvalue weighted by Crippen LogP contribution is -2.30. The summed E-state index contributed by atoms with van der Waals surface area (Å²) >= 11 is 3.20. The van der Waals surface area contributed by atoms with Crippen molar-refractivity contribution in [2.75, 3.05) is 23.3 Å². The molecule has 3 aromatic rings. The summed E-state index contributed by atoms with van der Waals surface area (Å²) in [5.41, 5.74) is 1.56. The summed E-state index contributed by atoms with van der Waals surface area (Å²) in [6, 6.07) is 8.98. The molecule has 1 fully saturated rings. The zero-order chi connectivity index (χ0) is 17.2. The first-order valence-corrected chi connectivity index (χ1v) is 9.06. The summed E-state index contributed by atoms with van der Waals surface area (Å²) < 4.78 is 5.82.